The molecule has 1 rings (SSSR count). The van der Waals surface area contributed by atoms with Crippen molar-refractivity contribution in [2.45, 2.75) is 18.9 Å². The summed E-state index contributed by atoms with van der Waals surface area (Å²) in [6, 6.07) is 2.46. The Kier molecular flexibility index (Phi) is 7.70. The summed E-state index contributed by atoms with van der Waals surface area (Å²) in [5.74, 6) is -2.28. The van der Waals surface area contributed by atoms with E-state index in [4.69, 9.17) is 26.2 Å². The number of rotatable bonds is 9. The zero-order valence-corrected chi connectivity index (χ0v) is 13.0. The first-order chi connectivity index (χ1) is 10.8. The predicted molar refractivity (Wildman–Crippen MR) is 78.3 cm³/mol. The van der Waals surface area contributed by atoms with Crippen molar-refractivity contribution >= 4 is 23.5 Å². The Morgan fingerprint density at radius 3 is 2.61 bits per heavy atom. The number of alkyl halides is 2. The van der Waals surface area contributed by atoms with Crippen LogP contribution in [0.1, 0.15) is 16.8 Å². The van der Waals surface area contributed by atoms with Crippen LogP contribution in [0.25, 0.3) is 0 Å². The molecule has 9 heteroatoms. The van der Waals surface area contributed by atoms with Crippen LogP contribution < -0.4 is 10.1 Å². The number of carbonyl (C=O) groups is 2. The number of methoxy groups -OCH3 is 1. The van der Waals surface area contributed by atoms with Gasteiger partial charge in [0.15, 0.2) is 0 Å². The third kappa shape index (κ3) is 6.37. The first-order valence-corrected chi connectivity index (χ1v) is 6.96. The van der Waals surface area contributed by atoms with Crippen molar-refractivity contribution in [1.82, 2.24) is 5.32 Å². The zero-order chi connectivity index (χ0) is 17.4. The molecule has 1 aromatic rings. The molecule has 23 heavy (non-hydrogen) atoms. The standard InChI is InChI=1S/C14H16ClF2NO5/c1-22-4-5-23-11-3-2-8(15)6-9(11)13(19)18-10(14(20)21)7-12(16)17/h2-3,6,10,12H,4-5,7H2,1H3,(H,18,19)(H,20,21). The number of carbonyl (C=O) groups excluding carboxylic acids is 1. The van der Waals surface area contributed by atoms with E-state index in [1.54, 1.807) is 0 Å². The number of amides is 1. The summed E-state index contributed by atoms with van der Waals surface area (Å²) in [4.78, 5) is 23.1. The molecular formula is C14H16ClF2NO5. The van der Waals surface area contributed by atoms with Gasteiger partial charge in [0.2, 0.25) is 6.43 Å². The molecule has 2 N–H and O–H groups in total. The average Bonchev–Trinajstić information content (AvgIpc) is 2.47. The van der Waals surface area contributed by atoms with Crippen molar-refractivity contribution in [2.24, 2.45) is 0 Å². The van der Waals surface area contributed by atoms with Crippen LogP contribution in [0.5, 0.6) is 5.75 Å². The van der Waals surface area contributed by atoms with Crippen LogP contribution in [-0.2, 0) is 9.53 Å². The van der Waals surface area contributed by atoms with Crippen LogP contribution >= 0.6 is 11.6 Å². The normalized spacial score (nSPS) is 12.0. The fourth-order valence-electron chi connectivity index (χ4n) is 1.68. The van der Waals surface area contributed by atoms with Crippen molar-refractivity contribution in [3.8, 4) is 5.75 Å². The SMILES string of the molecule is COCCOc1ccc(Cl)cc1C(=O)NC(CC(F)F)C(=O)O. The predicted octanol–water partition coefficient (Wildman–Crippen LogP) is 2.20. The molecule has 0 heterocycles. The lowest BCUT2D eigenvalue weighted by molar-refractivity contribution is -0.140. The van der Waals surface area contributed by atoms with E-state index in [1.807, 2.05) is 5.32 Å². The van der Waals surface area contributed by atoms with Gasteiger partial charge in [0.1, 0.15) is 18.4 Å². The van der Waals surface area contributed by atoms with E-state index in [2.05, 4.69) is 0 Å². The summed E-state index contributed by atoms with van der Waals surface area (Å²) in [5, 5.41) is 11.1. The van der Waals surface area contributed by atoms with Crippen molar-refractivity contribution in [3.05, 3.63) is 28.8 Å². The monoisotopic (exact) mass is 351 g/mol. The number of benzene rings is 1. The van der Waals surface area contributed by atoms with Crippen molar-refractivity contribution in [3.63, 3.8) is 0 Å². The van der Waals surface area contributed by atoms with Gasteiger partial charge in [-0.2, -0.15) is 0 Å². The smallest absolute Gasteiger partial charge is 0.326 e. The summed E-state index contributed by atoms with van der Waals surface area (Å²) >= 11 is 5.81. The number of halogens is 3. The molecule has 0 bridgehead atoms. The number of aliphatic carboxylic acids is 1. The van der Waals surface area contributed by atoms with E-state index in [-0.39, 0.29) is 29.5 Å². The molecule has 1 atom stereocenters. The summed E-state index contributed by atoms with van der Waals surface area (Å²) in [6.45, 7) is 0.421. The van der Waals surface area contributed by atoms with E-state index in [9.17, 15) is 18.4 Å². The minimum absolute atomic E-state index is 0.0471. The van der Waals surface area contributed by atoms with Crippen LogP contribution in [0.15, 0.2) is 18.2 Å². The van der Waals surface area contributed by atoms with Gasteiger partial charge in [0.05, 0.1) is 12.2 Å². The highest BCUT2D eigenvalue weighted by atomic mass is 35.5. The van der Waals surface area contributed by atoms with Gasteiger partial charge in [0.25, 0.3) is 5.91 Å². The van der Waals surface area contributed by atoms with E-state index >= 15 is 0 Å². The molecule has 1 unspecified atom stereocenters. The fourth-order valence-corrected chi connectivity index (χ4v) is 1.85. The highest BCUT2D eigenvalue weighted by Gasteiger charge is 2.26. The lowest BCUT2D eigenvalue weighted by Gasteiger charge is -2.16. The minimum Gasteiger partial charge on any atom is -0.490 e. The summed E-state index contributed by atoms with van der Waals surface area (Å²) in [7, 11) is 1.47. The molecule has 0 aromatic heterocycles. The Balaban J connectivity index is 2.91. The molecule has 1 amide bonds. The van der Waals surface area contributed by atoms with Crippen LogP contribution in [0.4, 0.5) is 8.78 Å². The maximum Gasteiger partial charge on any atom is 0.326 e. The molecule has 0 fully saturated rings. The quantitative estimate of drug-likeness (QED) is 0.666. The van der Waals surface area contributed by atoms with Gasteiger partial charge >= 0.3 is 5.97 Å². The third-order valence-electron chi connectivity index (χ3n) is 2.75. The van der Waals surface area contributed by atoms with Gasteiger partial charge in [-0.05, 0) is 18.2 Å². The maximum atomic E-state index is 12.4. The van der Waals surface area contributed by atoms with Gasteiger partial charge in [-0.15, -0.1) is 0 Å². The third-order valence-corrected chi connectivity index (χ3v) is 2.98. The Bertz CT molecular complexity index is 556. The molecule has 6 nitrogen and oxygen atoms in total. The Hall–Kier alpha value is -1.93. The molecule has 1 aromatic carbocycles. The lowest BCUT2D eigenvalue weighted by Crippen LogP contribution is -2.42. The average molecular weight is 352 g/mol. The molecular weight excluding hydrogens is 336 g/mol. The molecule has 0 radical (unpaired) electrons. The van der Waals surface area contributed by atoms with Crippen molar-refractivity contribution in [2.75, 3.05) is 20.3 Å². The van der Waals surface area contributed by atoms with E-state index in [0.717, 1.165) is 0 Å². The number of nitrogens with one attached hydrogen (secondary N) is 1. The summed E-state index contributed by atoms with van der Waals surface area (Å²) in [6.07, 6.45) is -3.87. The number of hydrogen-bond donors (Lipinski definition) is 2. The van der Waals surface area contributed by atoms with Crippen LogP contribution in [0, 0.1) is 0 Å². The lowest BCUT2D eigenvalue weighted by atomic mass is 10.1. The fraction of sp³-hybridized carbons (Fsp3) is 0.429. The van der Waals surface area contributed by atoms with E-state index in [1.165, 1.54) is 25.3 Å². The van der Waals surface area contributed by atoms with Crippen molar-refractivity contribution < 1.29 is 33.0 Å². The second-order valence-corrected chi connectivity index (χ2v) is 4.91. The van der Waals surface area contributed by atoms with E-state index in [0.29, 0.717) is 0 Å². The van der Waals surface area contributed by atoms with Gasteiger partial charge in [0, 0.05) is 18.6 Å². The van der Waals surface area contributed by atoms with Gasteiger partial charge in [-0.1, -0.05) is 11.6 Å². The summed E-state index contributed by atoms with van der Waals surface area (Å²) in [5.41, 5.74) is -0.0471. The van der Waals surface area contributed by atoms with Gasteiger partial charge in [-0.3, -0.25) is 4.79 Å². The molecule has 0 saturated heterocycles. The van der Waals surface area contributed by atoms with Crippen molar-refractivity contribution in [1.29, 1.82) is 0 Å². The molecule has 128 valence electrons. The number of ether oxygens (including phenoxy) is 2. The Morgan fingerprint density at radius 2 is 2.04 bits per heavy atom. The number of carboxylic acids is 1. The Labute approximate surface area is 136 Å². The van der Waals surface area contributed by atoms with Gasteiger partial charge in [-0.25, -0.2) is 13.6 Å². The molecule has 0 saturated carbocycles. The maximum absolute atomic E-state index is 12.4. The highest BCUT2D eigenvalue weighted by Crippen LogP contribution is 2.23. The number of hydrogen-bond acceptors (Lipinski definition) is 4. The highest BCUT2D eigenvalue weighted by molar-refractivity contribution is 6.31. The minimum atomic E-state index is -2.87. The topological polar surface area (TPSA) is 84.9 Å². The first kappa shape index (κ1) is 19.1. The molecule has 0 aliphatic heterocycles. The second-order valence-electron chi connectivity index (χ2n) is 4.47. The zero-order valence-electron chi connectivity index (χ0n) is 12.2. The molecule has 0 aliphatic carbocycles. The molecule has 0 spiro atoms. The van der Waals surface area contributed by atoms with E-state index < -0.39 is 30.8 Å². The van der Waals surface area contributed by atoms with Crippen LogP contribution in [0.3, 0.4) is 0 Å². The second kappa shape index (κ2) is 9.26. The largest absolute Gasteiger partial charge is 0.490 e. The van der Waals surface area contributed by atoms with Crippen LogP contribution in [-0.4, -0.2) is 49.8 Å². The first-order valence-electron chi connectivity index (χ1n) is 6.58. The van der Waals surface area contributed by atoms with Gasteiger partial charge < -0.3 is 19.9 Å². The molecule has 0 aliphatic rings. The Morgan fingerprint density at radius 1 is 1.35 bits per heavy atom. The summed E-state index contributed by atoms with van der Waals surface area (Å²) < 4.78 is 34.9. The van der Waals surface area contributed by atoms with Crippen LogP contribution in [0.2, 0.25) is 5.02 Å². The number of carboxylic acid groups (broad SMARTS) is 1.